The zero-order chi connectivity index (χ0) is 20.7. The number of hydrogen-bond donors (Lipinski definition) is 2. The largest absolute Gasteiger partial charge is 0.478 e. The van der Waals surface area contributed by atoms with Crippen molar-refractivity contribution in [3.63, 3.8) is 0 Å². The van der Waals surface area contributed by atoms with E-state index in [1.54, 1.807) is 6.07 Å². The van der Waals surface area contributed by atoms with Gasteiger partial charge in [-0.1, -0.05) is 30.3 Å². The first-order chi connectivity index (χ1) is 14.6. The fourth-order valence-electron chi connectivity index (χ4n) is 3.31. The van der Waals surface area contributed by atoms with Gasteiger partial charge in [-0.05, 0) is 30.0 Å². The Morgan fingerprint density at radius 1 is 1.20 bits per heavy atom. The highest BCUT2D eigenvalue weighted by molar-refractivity contribution is 5.91. The van der Waals surface area contributed by atoms with Gasteiger partial charge in [0.15, 0.2) is 0 Å². The number of carbonyl (C=O) groups is 1. The second-order valence-electron chi connectivity index (χ2n) is 7.39. The molecule has 7 nitrogen and oxygen atoms in total. The number of benzene rings is 2. The van der Waals surface area contributed by atoms with Crippen LogP contribution >= 0.6 is 0 Å². The smallest absolute Gasteiger partial charge is 0.338 e. The molecule has 1 aliphatic carbocycles. The van der Waals surface area contributed by atoms with Crippen LogP contribution in [-0.4, -0.2) is 36.9 Å². The fourth-order valence-corrected chi connectivity index (χ4v) is 3.31. The lowest BCUT2D eigenvalue weighted by molar-refractivity contribution is 0.0697. The molecule has 0 amide bonds. The Labute approximate surface area is 171 Å². The number of rotatable bonds is 6. The molecular weight excluding hydrogens is 385 g/mol. The van der Waals surface area contributed by atoms with E-state index >= 15 is 0 Å². The van der Waals surface area contributed by atoms with Crippen molar-refractivity contribution in [3.8, 4) is 5.95 Å². The number of aromatic nitrogens is 4. The van der Waals surface area contributed by atoms with Gasteiger partial charge in [-0.3, -0.25) is 0 Å². The second-order valence-corrected chi connectivity index (χ2v) is 7.39. The van der Waals surface area contributed by atoms with Crippen molar-refractivity contribution >= 4 is 22.7 Å². The van der Waals surface area contributed by atoms with Gasteiger partial charge in [0.25, 0.3) is 5.95 Å². The first kappa shape index (κ1) is 18.2. The molecule has 0 saturated heterocycles. The van der Waals surface area contributed by atoms with E-state index < -0.39 is 5.97 Å². The highest BCUT2D eigenvalue weighted by atomic mass is 19.1. The molecular formula is C22H18FN5O2. The van der Waals surface area contributed by atoms with Gasteiger partial charge >= 0.3 is 5.97 Å². The number of carboxylic acid groups (broad SMARTS) is 1. The quantitative estimate of drug-likeness (QED) is 0.508. The molecule has 5 rings (SSSR count). The van der Waals surface area contributed by atoms with E-state index in [0.29, 0.717) is 29.4 Å². The molecule has 0 atom stereocenters. The Hall–Kier alpha value is -3.81. The van der Waals surface area contributed by atoms with Crippen LogP contribution < -0.4 is 5.32 Å². The molecule has 0 radical (unpaired) electrons. The van der Waals surface area contributed by atoms with Crippen molar-refractivity contribution in [1.29, 1.82) is 0 Å². The van der Waals surface area contributed by atoms with Crippen LogP contribution in [0.2, 0.25) is 0 Å². The topological polar surface area (TPSA) is 92.9 Å². The molecule has 1 aliphatic rings. The standard InChI is InChI=1S/C22H18FN5O2/c23-18-10-19-17(9-14(18)8-13-4-2-1-3-5-13)20(25-16-6-7-16)27-22(26-19)28-12-15(11-24-28)21(29)30/h1-5,9-12,16H,6-8H2,(H,29,30)(H,25,26,27). The summed E-state index contributed by atoms with van der Waals surface area (Å²) >= 11 is 0. The van der Waals surface area contributed by atoms with Gasteiger partial charge in [-0.25, -0.2) is 18.9 Å². The van der Waals surface area contributed by atoms with Crippen molar-refractivity contribution in [2.24, 2.45) is 0 Å². The van der Waals surface area contributed by atoms with Gasteiger partial charge in [-0.2, -0.15) is 10.1 Å². The maximum Gasteiger partial charge on any atom is 0.338 e. The van der Waals surface area contributed by atoms with Gasteiger partial charge in [0.1, 0.15) is 11.6 Å². The Bertz CT molecular complexity index is 1250. The predicted octanol–water partition coefficient (Wildman–Crippen LogP) is 3.82. The first-order valence-electron chi connectivity index (χ1n) is 9.66. The average Bonchev–Trinajstić information content (AvgIpc) is 3.40. The van der Waals surface area contributed by atoms with Gasteiger partial charge in [-0.15, -0.1) is 0 Å². The second kappa shape index (κ2) is 7.22. The summed E-state index contributed by atoms with van der Waals surface area (Å²) in [6.07, 6.45) is 5.12. The third-order valence-electron chi connectivity index (χ3n) is 5.04. The van der Waals surface area contributed by atoms with E-state index in [1.807, 2.05) is 30.3 Å². The zero-order valence-electron chi connectivity index (χ0n) is 15.9. The van der Waals surface area contributed by atoms with Gasteiger partial charge in [0.2, 0.25) is 0 Å². The number of fused-ring (bicyclic) bond motifs is 1. The minimum Gasteiger partial charge on any atom is -0.478 e. The number of nitrogens with one attached hydrogen (secondary N) is 1. The molecule has 2 heterocycles. The molecule has 1 fully saturated rings. The van der Waals surface area contributed by atoms with Crippen molar-refractivity contribution in [2.75, 3.05) is 5.32 Å². The number of aromatic carboxylic acids is 1. The van der Waals surface area contributed by atoms with Gasteiger partial charge < -0.3 is 10.4 Å². The van der Waals surface area contributed by atoms with Crippen LogP contribution in [-0.2, 0) is 6.42 Å². The van der Waals surface area contributed by atoms with E-state index in [-0.39, 0.29) is 17.3 Å². The highest BCUT2D eigenvalue weighted by Crippen LogP contribution is 2.30. The van der Waals surface area contributed by atoms with Crippen LogP contribution in [0.5, 0.6) is 0 Å². The number of hydrogen-bond acceptors (Lipinski definition) is 5. The molecule has 2 aromatic heterocycles. The molecule has 8 heteroatoms. The van der Waals surface area contributed by atoms with E-state index in [9.17, 15) is 9.18 Å². The third kappa shape index (κ3) is 3.59. The normalized spacial score (nSPS) is 13.5. The van der Waals surface area contributed by atoms with E-state index in [1.165, 1.54) is 23.1 Å². The summed E-state index contributed by atoms with van der Waals surface area (Å²) in [5, 5.41) is 17.3. The Kier molecular flexibility index (Phi) is 4.39. The molecule has 2 aromatic carbocycles. The molecule has 0 spiro atoms. The summed E-state index contributed by atoms with van der Waals surface area (Å²) in [6, 6.07) is 13.2. The lowest BCUT2D eigenvalue weighted by atomic mass is 10.0. The monoisotopic (exact) mass is 403 g/mol. The summed E-state index contributed by atoms with van der Waals surface area (Å²) in [5.41, 5.74) is 2.04. The summed E-state index contributed by atoms with van der Waals surface area (Å²) in [5.74, 6) is -0.650. The summed E-state index contributed by atoms with van der Waals surface area (Å²) in [7, 11) is 0. The lowest BCUT2D eigenvalue weighted by Crippen LogP contribution is -2.10. The maximum absolute atomic E-state index is 14.9. The number of nitrogens with zero attached hydrogens (tertiary/aromatic N) is 4. The number of halogens is 1. The maximum atomic E-state index is 14.9. The Morgan fingerprint density at radius 2 is 2.00 bits per heavy atom. The molecule has 1 saturated carbocycles. The molecule has 0 unspecified atom stereocenters. The zero-order valence-corrected chi connectivity index (χ0v) is 15.9. The lowest BCUT2D eigenvalue weighted by Gasteiger charge is -2.12. The van der Waals surface area contributed by atoms with Gasteiger partial charge in [0, 0.05) is 30.1 Å². The van der Waals surface area contributed by atoms with E-state index in [2.05, 4.69) is 20.4 Å². The van der Waals surface area contributed by atoms with Crippen molar-refractivity contribution in [1.82, 2.24) is 19.7 Å². The highest BCUT2D eigenvalue weighted by Gasteiger charge is 2.24. The minimum absolute atomic E-state index is 0.0276. The van der Waals surface area contributed by atoms with Crippen LogP contribution in [0.4, 0.5) is 10.2 Å². The SMILES string of the molecule is O=C(O)c1cnn(-c2nc(NC3CC3)c3cc(Cc4ccccc4)c(F)cc3n2)c1. The van der Waals surface area contributed by atoms with Crippen molar-refractivity contribution in [2.45, 2.75) is 25.3 Å². The van der Waals surface area contributed by atoms with Gasteiger partial charge in [0.05, 0.1) is 17.3 Å². The van der Waals surface area contributed by atoms with Crippen LogP contribution in [0, 0.1) is 5.82 Å². The molecule has 4 aromatic rings. The summed E-state index contributed by atoms with van der Waals surface area (Å²) in [6.45, 7) is 0. The van der Waals surface area contributed by atoms with Crippen LogP contribution in [0.15, 0.2) is 54.9 Å². The average molecular weight is 403 g/mol. The summed E-state index contributed by atoms with van der Waals surface area (Å²) in [4.78, 5) is 20.2. The molecule has 2 N–H and O–H groups in total. The van der Waals surface area contributed by atoms with E-state index in [0.717, 1.165) is 23.8 Å². The van der Waals surface area contributed by atoms with Crippen LogP contribution in [0.3, 0.4) is 0 Å². The van der Waals surface area contributed by atoms with Crippen molar-refractivity contribution in [3.05, 3.63) is 77.4 Å². The van der Waals surface area contributed by atoms with Crippen molar-refractivity contribution < 1.29 is 14.3 Å². The molecule has 0 bridgehead atoms. The molecule has 0 aliphatic heterocycles. The third-order valence-corrected chi connectivity index (χ3v) is 5.04. The van der Waals surface area contributed by atoms with Crippen LogP contribution in [0.1, 0.15) is 34.3 Å². The Morgan fingerprint density at radius 3 is 2.70 bits per heavy atom. The fraction of sp³-hybridized carbons (Fsp3) is 0.182. The first-order valence-corrected chi connectivity index (χ1v) is 9.66. The molecule has 150 valence electrons. The number of carboxylic acids is 1. The number of anilines is 1. The van der Waals surface area contributed by atoms with E-state index in [4.69, 9.17) is 5.11 Å². The Balaban J connectivity index is 1.61. The minimum atomic E-state index is -1.09. The summed E-state index contributed by atoms with van der Waals surface area (Å²) < 4.78 is 16.2. The van der Waals surface area contributed by atoms with Crippen LogP contribution in [0.25, 0.3) is 16.9 Å². The molecule has 30 heavy (non-hydrogen) atoms. The predicted molar refractivity (Wildman–Crippen MR) is 109 cm³/mol.